The van der Waals surface area contributed by atoms with Crippen LogP contribution in [-0.4, -0.2) is 38.1 Å². The fourth-order valence-electron chi connectivity index (χ4n) is 2.16. The van der Waals surface area contributed by atoms with Crippen molar-refractivity contribution in [2.24, 2.45) is 5.92 Å². The molecule has 108 valence electrons. The first kappa shape index (κ1) is 16.1. The Kier molecular flexibility index (Phi) is 5.91. The van der Waals surface area contributed by atoms with Crippen LogP contribution in [-0.2, 0) is 9.59 Å². The molecule has 0 bridgehead atoms. The summed E-state index contributed by atoms with van der Waals surface area (Å²) in [4.78, 5) is 41.8. The Morgan fingerprint density at radius 3 is 2.42 bits per heavy atom. The van der Waals surface area contributed by atoms with Crippen molar-refractivity contribution >= 4 is 19.7 Å². The molecular formula is C12H20O6P+. The van der Waals surface area contributed by atoms with Crippen molar-refractivity contribution in [2.75, 3.05) is 6.16 Å². The summed E-state index contributed by atoms with van der Waals surface area (Å²) in [7, 11) is -3.40. The zero-order chi connectivity index (χ0) is 14.5. The Hall–Kier alpha value is -0.970. The Balaban J connectivity index is 2.68. The average Bonchev–Trinajstić information content (AvgIpc) is 2.35. The monoisotopic (exact) mass is 291 g/mol. The maximum absolute atomic E-state index is 11.1. The second-order valence-corrected chi connectivity index (χ2v) is 7.22. The molecule has 6 nitrogen and oxygen atoms in total. The molecule has 1 rings (SSSR count). The van der Waals surface area contributed by atoms with Crippen molar-refractivity contribution < 1.29 is 29.6 Å². The van der Waals surface area contributed by atoms with Gasteiger partial charge in [0.15, 0.2) is 0 Å². The lowest BCUT2D eigenvalue weighted by molar-refractivity contribution is -0.142. The lowest BCUT2D eigenvalue weighted by Crippen LogP contribution is -2.22. The molecule has 0 saturated carbocycles. The SMILES string of the molecule is O=C(O)CCC(C[P+](O)(O)C1=CCCCC1)C(=O)O. The van der Waals surface area contributed by atoms with E-state index in [0.29, 0.717) is 11.7 Å². The molecule has 4 N–H and O–H groups in total. The second kappa shape index (κ2) is 6.98. The molecule has 0 aliphatic heterocycles. The molecule has 1 aliphatic rings. The standard InChI is InChI=1S/C12H19O6P/c13-11(14)7-6-9(12(15)16)8-19(17,18)10-4-2-1-3-5-10/h4,9,17-18H,1-3,5-8H2,(H-,13,14,15,16)/p+1. The first-order valence-electron chi connectivity index (χ1n) is 6.30. The molecule has 1 atom stereocenters. The van der Waals surface area contributed by atoms with Crippen LogP contribution in [0.25, 0.3) is 0 Å². The molecule has 19 heavy (non-hydrogen) atoms. The van der Waals surface area contributed by atoms with E-state index in [4.69, 9.17) is 10.2 Å². The van der Waals surface area contributed by atoms with Crippen LogP contribution in [0.3, 0.4) is 0 Å². The molecular weight excluding hydrogens is 271 g/mol. The van der Waals surface area contributed by atoms with Gasteiger partial charge in [-0.25, -0.2) is 9.79 Å². The molecule has 0 amide bonds. The van der Waals surface area contributed by atoms with E-state index in [1.807, 2.05) is 0 Å². The first-order chi connectivity index (χ1) is 8.83. The summed E-state index contributed by atoms with van der Waals surface area (Å²) in [5, 5.41) is 18.2. The summed E-state index contributed by atoms with van der Waals surface area (Å²) in [6.45, 7) is 0. The lowest BCUT2D eigenvalue weighted by atomic mass is 10.1. The van der Waals surface area contributed by atoms with Gasteiger partial charge in [-0.3, -0.25) is 9.59 Å². The van der Waals surface area contributed by atoms with E-state index < -0.39 is 25.6 Å². The zero-order valence-corrected chi connectivity index (χ0v) is 11.6. The summed E-state index contributed by atoms with van der Waals surface area (Å²) < 4.78 is 0. The van der Waals surface area contributed by atoms with Gasteiger partial charge in [-0.05, 0) is 31.8 Å². The van der Waals surface area contributed by atoms with Crippen LogP contribution in [0.1, 0.15) is 38.5 Å². The lowest BCUT2D eigenvalue weighted by Gasteiger charge is -2.21. The minimum Gasteiger partial charge on any atom is -0.481 e. The zero-order valence-electron chi connectivity index (χ0n) is 10.7. The molecule has 1 unspecified atom stereocenters. The highest BCUT2D eigenvalue weighted by Crippen LogP contribution is 2.62. The third kappa shape index (κ3) is 5.27. The van der Waals surface area contributed by atoms with E-state index in [-0.39, 0.29) is 19.0 Å². The van der Waals surface area contributed by atoms with Gasteiger partial charge in [0, 0.05) is 12.8 Å². The normalized spacial score (nSPS) is 17.7. The number of carbonyl (C=O) groups is 2. The molecule has 0 spiro atoms. The van der Waals surface area contributed by atoms with Crippen LogP contribution in [0.15, 0.2) is 11.4 Å². The highest BCUT2D eigenvalue weighted by molar-refractivity contribution is 7.68. The number of carboxylic acid groups (broad SMARTS) is 2. The number of allylic oxidation sites excluding steroid dienone is 2. The quantitative estimate of drug-likeness (QED) is 0.532. The molecule has 1 aliphatic carbocycles. The van der Waals surface area contributed by atoms with Gasteiger partial charge >= 0.3 is 11.9 Å². The Morgan fingerprint density at radius 2 is 1.95 bits per heavy atom. The summed E-state index contributed by atoms with van der Waals surface area (Å²) in [5.74, 6) is -3.28. The summed E-state index contributed by atoms with van der Waals surface area (Å²) >= 11 is 0. The van der Waals surface area contributed by atoms with E-state index in [2.05, 4.69) is 0 Å². The Morgan fingerprint density at radius 1 is 1.26 bits per heavy atom. The summed E-state index contributed by atoms with van der Waals surface area (Å²) in [5.41, 5.74) is 0. The van der Waals surface area contributed by atoms with Crippen LogP contribution in [0.5, 0.6) is 0 Å². The molecule has 0 aromatic heterocycles. The van der Waals surface area contributed by atoms with Crippen molar-refractivity contribution in [3.8, 4) is 0 Å². The van der Waals surface area contributed by atoms with Crippen molar-refractivity contribution in [3.05, 3.63) is 11.4 Å². The minimum atomic E-state index is -3.40. The fourth-order valence-corrected chi connectivity index (χ4v) is 4.29. The predicted octanol–water partition coefficient (Wildman–Crippen LogP) is 1.84. The summed E-state index contributed by atoms with van der Waals surface area (Å²) in [6, 6.07) is 0. The molecule has 0 aromatic carbocycles. The maximum Gasteiger partial charge on any atom is 0.310 e. The maximum atomic E-state index is 11.1. The van der Waals surface area contributed by atoms with Gasteiger partial charge in [0.2, 0.25) is 0 Å². The molecule has 0 saturated heterocycles. The molecule has 7 heteroatoms. The number of rotatable bonds is 7. The van der Waals surface area contributed by atoms with E-state index in [9.17, 15) is 19.4 Å². The first-order valence-corrected chi connectivity index (χ1v) is 8.18. The van der Waals surface area contributed by atoms with Crippen molar-refractivity contribution in [1.82, 2.24) is 0 Å². The van der Waals surface area contributed by atoms with Crippen molar-refractivity contribution in [3.63, 3.8) is 0 Å². The van der Waals surface area contributed by atoms with Gasteiger partial charge < -0.3 is 10.2 Å². The summed E-state index contributed by atoms with van der Waals surface area (Å²) in [6.07, 6.45) is 4.41. The van der Waals surface area contributed by atoms with Gasteiger partial charge in [-0.2, -0.15) is 0 Å². The van der Waals surface area contributed by atoms with E-state index in [0.717, 1.165) is 19.3 Å². The number of hydrogen-bond donors (Lipinski definition) is 4. The predicted molar refractivity (Wildman–Crippen MR) is 70.8 cm³/mol. The molecule has 0 fully saturated rings. The Labute approximate surface area is 112 Å². The van der Waals surface area contributed by atoms with Gasteiger partial charge in [0.25, 0.3) is 7.72 Å². The largest absolute Gasteiger partial charge is 0.481 e. The number of aliphatic carboxylic acids is 2. The van der Waals surface area contributed by atoms with E-state index in [1.54, 1.807) is 6.08 Å². The van der Waals surface area contributed by atoms with Gasteiger partial charge in [0.1, 0.15) is 11.5 Å². The molecule has 0 radical (unpaired) electrons. The fraction of sp³-hybridized carbons (Fsp3) is 0.667. The minimum absolute atomic E-state index is 0.0825. The van der Waals surface area contributed by atoms with Crippen LogP contribution in [0, 0.1) is 5.92 Å². The third-order valence-corrected chi connectivity index (χ3v) is 5.53. The topological polar surface area (TPSA) is 115 Å². The van der Waals surface area contributed by atoms with Crippen LogP contribution in [0.4, 0.5) is 0 Å². The molecule has 0 aromatic rings. The number of hydrogen-bond acceptors (Lipinski definition) is 4. The van der Waals surface area contributed by atoms with Crippen molar-refractivity contribution in [1.29, 1.82) is 0 Å². The van der Waals surface area contributed by atoms with Crippen LogP contribution < -0.4 is 0 Å². The van der Waals surface area contributed by atoms with E-state index in [1.165, 1.54) is 0 Å². The third-order valence-electron chi connectivity index (χ3n) is 3.26. The van der Waals surface area contributed by atoms with Crippen molar-refractivity contribution in [2.45, 2.75) is 38.5 Å². The van der Waals surface area contributed by atoms with E-state index >= 15 is 0 Å². The molecule has 0 heterocycles. The highest BCUT2D eigenvalue weighted by atomic mass is 31.2. The average molecular weight is 291 g/mol. The Bertz CT molecular complexity index is 376. The van der Waals surface area contributed by atoms with Gasteiger partial charge in [0.05, 0.1) is 5.92 Å². The van der Waals surface area contributed by atoms with Gasteiger partial charge in [-0.15, -0.1) is 0 Å². The second-order valence-electron chi connectivity index (χ2n) is 4.82. The van der Waals surface area contributed by atoms with Gasteiger partial charge in [-0.1, -0.05) is 0 Å². The highest BCUT2D eigenvalue weighted by Gasteiger charge is 2.43. The smallest absolute Gasteiger partial charge is 0.310 e. The number of carboxylic acids is 2. The van der Waals surface area contributed by atoms with Crippen LogP contribution in [0.2, 0.25) is 0 Å². The van der Waals surface area contributed by atoms with Crippen LogP contribution >= 0.6 is 7.72 Å².